The van der Waals surface area contributed by atoms with Gasteiger partial charge in [0, 0.05) is 16.7 Å². The van der Waals surface area contributed by atoms with E-state index in [1.165, 1.54) is 0 Å². The van der Waals surface area contributed by atoms with Crippen LogP contribution in [0.15, 0.2) is 51.8 Å². The molecule has 0 spiro atoms. The number of nitrogens with one attached hydrogen (secondary N) is 1. The molecule has 0 heterocycles. The van der Waals surface area contributed by atoms with Crippen LogP contribution < -0.4 is 10.5 Å². The third-order valence-corrected chi connectivity index (χ3v) is 4.87. The molecule has 0 fully saturated rings. The van der Waals surface area contributed by atoms with Crippen LogP contribution in [0.25, 0.3) is 0 Å². The largest absolute Gasteiger partial charge is 0.326 e. The van der Waals surface area contributed by atoms with Crippen LogP contribution in [0.3, 0.4) is 0 Å². The highest BCUT2D eigenvalue weighted by Crippen LogP contribution is 2.22. The summed E-state index contributed by atoms with van der Waals surface area (Å²) in [6.07, 6.45) is 0. The van der Waals surface area contributed by atoms with Crippen molar-refractivity contribution >= 4 is 31.6 Å². The zero-order valence-electron chi connectivity index (χ0n) is 10.9. The lowest BCUT2D eigenvalue weighted by Gasteiger charge is -2.11. The first-order chi connectivity index (χ1) is 9.42. The Balaban J connectivity index is 2.40. The van der Waals surface area contributed by atoms with E-state index in [2.05, 4.69) is 20.7 Å². The van der Waals surface area contributed by atoms with Crippen LogP contribution in [0.4, 0.5) is 5.69 Å². The number of benzene rings is 2. The molecule has 20 heavy (non-hydrogen) atoms. The van der Waals surface area contributed by atoms with Gasteiger partial charge in [-0.2, -0.15) is 0 Å². The van der Waals surface area contributed by atoms with Gasteiger partial charge in [0.2, 0.25) is 0 Å². The Hall–Kier alpha value is -1.37. The third-order valence-electron chi connectivity index (χ3n) is 2.85. The fourth-order valence-electron chi connectivity index (χ4n) is 1.82. The van der Waals surface area contributed by atoms with Crippen LogP contribution in [0, 0.1) is 6.92 Å². The number of halogens is 1. The van der Waals surface area contributed by atoms with Gasteiger partial charge in [0.15, 0.2) is 0 Å². The fourth-order valence-corrected chi connectivity index (χ4v) is 3.57. The molecule has 3 N–H and O–H groups in total. The molecule has 4 nitrogen and oxygen atoms in total. The van der Waals surface area contributed by atoms with E-state index >= 15 is 0 Å². The Morgan fingerprint density at radius 1 is 1.20 bits per heavy atom. The number of rotatable bonds is 4. The molecular weight excluding hydrogens is 340 g/mol. The van der Waals surface area contributed by atoms with Crippen molar-refractivity contribution in [2.45, 2.75) is 18.4 Å². The fraction of sp³-hybridized carbons (Fsp3) is 0.143. The smallest absolute Gasteiger partial charge is 0.262 e. The molecule has 0 saturated heterocycles. The minimum absolute atomic E-state index is 0.250. The second-order valence-electron chi connectivity index (χ2n) is 4.42. The van der Waals surface area contributed by atoms with Gasteiger partial charge in [0.05, 0.1) is 4.90 Å². The molecule has 2 rings (SSSR count). The zero-order valence-corrected chi connectivity index (χ0v) is 13.3. The van der Waals surface area contributed by atoms with E-state index in [0.717, 1.165) is 10.0 Å². The summed E-state index contributed by atoms with van der Waals surface area (Å²) in [5.41, 5.74) is 7.54. The average molecular weight is 355 g/mol. The molecule has 0 amide bonds. The van der Waals surface area contributed by atoms with Crippen molar-refractivity contribution in [3.8, 4) is 0 Å². The molecule has 0 aromatic heterocycles. The van der Waals surface area contributed by atoms with E-state index in [-0.39, 0.29) is 4.90 Å². The SMILES string of the molecule is Cc1ccc(CN)cc1S(=O)(=O)Nc1cccc(Br)c1. The number of nitrogens with two attached hydrogens (primary N) is 1. The third kappa shape index (κ3) is 3.39. The van der Waals surface area contributed by atoms with Crippen molar-refractivity contribution in [3.63, 3.8) is 0 Å². The van der Waals surface area contributed by atoms with Crippen LogP contribution in [0.1, 0.15) is 11.1 Å². The molecule has 0 aliphatic rings. The molecule has 2 aromatic carbocycles. The van der Waals surface area contributed by atoms with E-state index in [4.69, 9.17) is 5.73 Å². The highest BCUT2D eigenvalue weighted by atomic mass is 79.9. The number of anilines is 1. The van der Waals surface area contributed by atoms with Crippen molar-refractivity contribution in [2.24, 2.45) is 5.73 Å². The summed E-state index contributed by atoms with van der Waals surface area (Å²) in [7, 11) is -3.62. The molecule has 106 valence electrons. The number of aryl methyl sites for hydroxylation is 1. The van der Waals surface area contributed by atoms with Crippen molar-refractivity contribution in [3.05, 3.63) is 58.1 Å². The molecule has 0 atom stereocenters. The summed E-state index contributed by atoms with van der Waals surface area (Å²) in [4.78, 5) is 0.250. The van der Waals surface area contributed by atoms with Crippen LogP contribution in [-0.4, -0.2) is 8.42 Å². The highest BCUT2D eigenvalue weighted by Gasteiger charge is 2.17. The Morgan fingerprint density at radius 2 is 1.95 bits per heavy atom. The molecule has 0 aliphatic carbocycles. The Bertz CT molecular complexity index is 730. The van der Waals surface area contributed by atoms with Gasteiger partial charge in [-0.05, 0) is 42.3 Å². The Morgan fingerprint density at radius 3 is 2.60 bits per heavy atom. The number of hydrogen-bond acceptors (Lipinski definition) is 3. The molecule has 2 aromatic rings. The van der Waals surface area contributed by atoms with Crippen LogP contribution >= 0.6 is 15.9 Å². The van der Waals surface area contributed by atoms with E-state index in [0.29, 0.717) is 17.8 Å². The predicted molar refractivity (Wildman–Crippen MR) is 84.0 cm³/mol. The maximum atomic E-state index is 12.4. The molecular formula is C14H15BrN2O2S. The first-order valence-electron chi connectivity index (χ1n) is 6.00. The Kier molecular flexibility index (Phi) is 4.47. The van der Waals surface area contributed by atoms with Crippen molar-refractivity contribution in [1.29, 1.82) is 0 Å². The first-order valence-corrected chi connectivity index (χ1v) is 8.28. The molecule has 6 heteroatoms. The lowest BCUT2D eigenvalue weighted by molar-refractivity contribution is 0.600. The van der Waals surface area contributed by atoms with Gasteiger partial charge >= 0.3 is 0 Å². The lowest BCUT2D eigenvalue weighted by Crippen LogP contribution is -2.15. The van der Waals surface area contributed by atoms with Crippen molar-refractivity contribution < 1.29 is 8.42 Å². The molecule has 0 aliphatic heterocycles. The van der Waals surface area contributed by atoms with E-state index in [1.807, 2.05) is 12.1 Å². The molecule has 0 radical (unpaired) electrons. The van der Waals surface area contributed by atoms with Gasteiger partial charge in [-0.3, -0.25) is 4.72 Å². The van der Waals surface area contributed by atoms with E-state index < -0.39 is 10.0 Å². The van der Waals surface area contributed by atoms with Gasteiger partial charge in [-0.1, -0.05) is 34.1 Å². The molecule has 0 bridgehead atoms. The molecule has 0 unspecified atom stereocenters. The minimum Gasteiger partial charge on any atom is -0.326 e. The van der Waals surface area contributed by atoms with Crippen molar-refractivity contribution in [1.82, 2.24) is 0 Å². The first kappa shape index (κ1) is 15.0. The number of sulfonamides is 1. The summed E-state index contributed by atoms with van der Waals surface area (Å²) in [5, 5.41) is 0. The predicted octanol–water partition coefficient (Wildman–Crippen LogP) is 3.02. The average Bonchev–Trinajstić information content (AvgIpc) is 2.38. The zero-order chi connectivity index (χ0) is 14.8. The topological polar surface area (TPSA) is 72.2 Å². The minimum atomic E-state index is -3.62. The quantitative estimate of drug-likeness (QED) is 0.886. The van der Waals surface area contributed by atoms with Gasteiger partial charge in [0.25, 0.3) is 10.0 Å². The normalized spacial score (nSPS) is 11.3. The maximum absolute atomic E-state index is 12.4. The summed E-state index contributed by atoms with van der Waals surface area (Å²) >= 11 is 3.31. The summed E-state index contributed by atoms with van der Waals surface area (Å²) in [6.45, 7) is 2.06. The van der Waals surface area contributed by atoms with Gasteiger partial charge in [-0.15, -0.1) is 0 Å². The number of hydrogen-bond donors (Lipinski definition) is 2. The van der Waals surface area contributed by atoms with Crippen LogP contribution in [0.2, 0.25) is 0 Å². The van der Waals surface area contributed by atoms with Gasteiger partial charge in [-0.25, -0.2) is 8.42 Å². The highest BCUT2D eigenvalue weighted by molar-refractivity contribution is 9.10. The van der Waals surface area contributed by atoms with Crippen LogP contribution in [0.5, 0.6) is 0 Å². The lowest BCUT2D eigenvalue weighted by atomic mass is 10.1. The van der Waals surface area contributed by atoms with E-state index in [9.17, 15) is 8.42 Å². The molecule has 0 saturated carbocycles. The monoisotopic (exact) mass is 354 g/mol. The standard InChI is InChI=1S/C14H15BrN2O2S/c1-10-5-6-11(9-16)7-14(10)20(18,19)17-13-4-2-3-12(15)8-13/h2-8,17H,9,16H2,1H3. The second kappa shape index (κ2) is 5.95. The second-order valence-corrected chi connectivity index (χ2v) is 6.99. The Labute approximate surface area is 127 Å². The summed E-state index contributed by atoms with van der Waals surface area (Å²) in [6, 6.07) is 12.2. The summed E-state index contributed by atoms with van der Waals surface area (Å²) < 4.78 is 28.2. The van der Waals surface area contributed by atoms with Gasteiger partial charge < -0.3 is 5.73 Å². The van der Waals surface area contributed by atoms with Crippen LogP contribution in [-0.2, 0) is 16.6 Å². The summed E-state index contributed by atoms with van der Waals surface area (Å²) in [5.74, 6) is 0. The van der Waals surface area contributed by atoms with E-state index in [1.54, 1.807) is 37.3 Å². The van der Waals surface area contributed by atoms with Crippen molar-refractivity contribution in [2.75, 3.05) is 4.72 Å². The van der Waals surface area contributed by atoms with Gasteiger partial charge in [0.1, 0.15) is 0 Å². The maximum Gasteiger partial charge on any atom is 0.262 e.